The normalized spacial score (nSPS) is 23.7. The van der Waals surface area contributed by atoms with E-state index < -0.39 is 6.29 Å². The summed E-state index contributed by atoms with van der Waals surface area (Å²) in [6.07, 6.45) is 0.835. The van der Waals surface area contributed by atoms with Crippen molar-refractivity contribution in [2.75, 3.05) is 37.7 Å². The zero-order chi connectivity index (χ0) is 29.4. The average Bonchev–Trinajstić information content (AvgIpc) is 3.55. The Morgan fingerprint density at radius 1 is 1.17 bits per heavy atom. The monoisotopic (exact) mass is 588 g/mol. The topological polar surface area (TPSA) is 102 Å². The molecule has 222 valence electrons. The fourth-order valence-corrected chi connectivity index (χ4v) is 7.87. The summed E-state index contributed by atoms with van der Waals surface area (Å²) in [5, 5.41) is 32.7. The highest BCUT2D eigenvalue weighted by atomic mass is 32.1. The SMILES string of the molecule is Cc1ccc(OCc2ccc(CN3CCOC(C)(C)C3)cc2C#N)c(-c2csc(N3CC4CCC(C3)C4C(O)O)n2)c1. The quantitative estimate of drug-likeness (QED) is 0.357. The molecule has 9 heteroatoms. The van der Waals surface area contributed by atoms with Crippen LogP contribution in [-0.2, 0) is 17.9 Å². The summed E-state index contributed by atoms with van der Waals surface area (Å²) in [5.41, 5.74) is 5.38. The van der Waals surface area contributed by atoms with Gasteiger partial charge in [-0.3, -0.25) is 4.90 Å². The molecule has 42 heavy (non-hydrogen) atoms. The van der Waals surface area contributed by atoms with Gasteiger partial charge in [0.2, 0.25) is 0 Å². The number of rotatable bonds is 8. The van der Waals surface area contributed by atoms with Crippen molar-refractivity contribution in [2.45, 2.75) is 58.7 Å². The van der Waals surface area contributed by atoms with E-state index in [1.165, 1.54) is 0 Å². The lowest BCUT2D eigenvalue weighted by Crippen LogP contribution is -2.47. The number of aromatic nitrogens is 1. The van der Waals surface area contributed by atoms with Gasteiger partial charge >= 0.3 is 0 Å². The van der Waals surface area contributed by atoms with Crippen LogP contribution in [0.25, 0.3) is 11.3 Å². The Kier molecular flexibility index (Phi) is 8.27. The standard InChI is InChI=1S/C33H40N4O4S/c1-21-4-9-29(40-18-25-6-5-22(13-26(25)14-34)15-36-10-11-41-33(2,3)20-36)27(12-21)28-19-42-32(35-28)37-16-23-7-8-24(17-37)30(23)31(38)39/h4-6,9,12-13,19,23-24,30-31,38-39H,7-8,10-11,15-18,20H2,1-3H3. The molecule has 2 aromatic carbocycles. The highest BCUT2D eigenvalue weighted by Gasteiger charge is 2.45. The number of morpholine rings is 1. The molecule has 3 aliphatic rings. The Balaban J connectivity index is 1.15. The van der Waals surface area contributed by atoms with Crippen LogP contribution in [-0.4, -0.2) is 64.8 Å². The third kappa shape index (κ3) is 6.19. The summed E-state index contributed by atoms with van der Waals surface area (Å²) in [5.74, 6) is 1.28. The number of ether oxygens (including phenoxy) is 2. The largest absolute Gasteiger partial charge is 0.488 e. The van der Waals surface area contributed by atoms with E-state index in [2.05, 4.69) is 54.2 Å². The van der Waals surface area contributed by atoms with Gasteiger partial charge in [-0.1, -0.05) is 23.8 Å². The first-order valence-corrected chi connectivity index (χ1v) is 15.8. The zero-order valence-corrected chi connectivity index (χ0v) is 25.4. The third-order valence-electron chi connectivity index (χ3n) is 9.01. The van der Waals surface area contributed by atoms with Crippen molar-refractivity contribution in [3.63, 3.8) is 0 Å². The number of anilines is 1. The molecule has 8 nitrogen and oxygen atoms in total. The lowest BCUT2D eigenvalue weighted by Gasteiger charge is -2.38. The minimum absolute atomic E-state index is 0.0312. The minimum Gasteiger partial charge on any atom is -0.488 e. The van der Waals surface area contributed by atoms with Gasteiger partial charge in [0.25, 0.3) is 0 Å². The first kappa shape index (κ1) is 29.1. The molecule has 1 saturated carbocycles. The van der Waals surface area contributed by atoms with E-state index in [0.717, 1.165) is 91.0 Å². The molecule has 3 heterocycles. The predicted molar refractivity (Wildman–Crippen MR) is 163 cm³/mol. The van der Waals surface area contributed by atoms with Crippen molar-refractivity contribution in [2.24, 2.45) is 17.8 Å². The number of hydrogen-bond acceptors (Lipinski definition) is 9. The van der Waals surface area contributed by atoms with Gasteiger partial charge in [-0.2, -0.15) is 5.26 Å². The lowest BCUT2D eigenvalue weighted by molar-refractivity contribution is -0.109. The van der Waals surface area contributed by atoms with E-state index in [1.807, 2.05) is 24.3 Å². The Morgan fingerprint density at radius 2 is 1.95 bits per heavy atom. The van der Waals surface area contributed by atoms with Gasteiger partial charge in [0.05, 0.1) is 29.5 Å². The van der Waals surface area contributed by atoms with Crippen LogP contribution in [0.4, 0.5) is 5.13 Å². The second-order valence-corrected chi connectivity index (χ2v) is 13.6. The maximum absolute atomic E-state index is 9.93. The molecule has 2 bridgehead atoms. The minimum atomic E-state index is -1.24. The highest BCUT2D eigenvalue weighted by Crippen LogP contribution is 2.45. The molecule has 2 saturated heterocycles. The van der Waals surface area contributed by atoms with Gasteiger partial charge in [-0.05, 0) is 69.2 Å². The van der Waals surface area contributed by atoms with Crippen molar-refractivity contribution < 1.29 is 19.7 Å². The molecule has 0 radical (unpaired) electrons. The van der Waals surface area contributed by atoms with Crippen molar-refractivity contribution in [3.05, 3.63) is 64.0 Å². The highest BCUT2D eigenvalue weighted by molar-refractivity contribution is 7.14. The summed E-state index contributed by atoms with van der Waals surface area (Å²) >= 11 is 1.62. The first-order valence-electron chi connectivity index (χ1n) is 14.9. The number of aryl methyl sites for hydroxylation is 1. The van der Waals surface area contributed by atoms with Gasteiger partial charge < -0.3 is 24.6 Å². The number of fused-ring (bicyclic) bond motifs is 2. The molecular formula is C33H40N4O4S. The van der Waals surface area contributed by atoms with Crippen molar-refractivity contribution in [1.82, 2.24) is 9.88 Å². The van der Waals surface area contributed by atoms with Crippen molar-refractivity contribution >= 4 is 16.5 Å². The number of benzene rings is 2. The Hall–Kier alpha value is -3.00. The molecule has 1 aliphatic carbocycles. The van der Waals surface area contributed by atoms with Gasteiger partial charge in [-0.15, -0.1) is 11.3 Å². The Labute approximate surface area is 252 Å². The molecule has 2 atom stereocenters. The van der Waals surface area contributed by atoms with Crippen LogP contribution in [0.5, 0.6) is 5.75 Å². The fraction of sp³-hybridized carbons (Fsp3) is 0.515. The van der Waals surface area contributed by atoms with E-state index >= 15 is 0 Å². The number of thiazole rings is 1. The van der Waals surface area contributed by atoms with Crippen LogP contribution in [0, 0.1) is 36.0 Å². The van der Waals surface area contributed by atoms with E-state index in [-0.39, 0.29) is 23.4 Å². The summed E-state index contributed by atoms with van der Waals surface area (Å²) in [4.78, 5) is 9.70. The molecule has 0 spiro atoms. The van der Waals surface area contributed by atoms with Gasteiger partial charge in [0, 0.05) is 55.1 Å². The molecular weight excluding hydrogens is 548 g/mol. The van der Waals surface area contributed by atoms with Crippen LogP contribution in [0.3, 0.4) is 0 Å². The van der Waals surface area contributed by atoms with E-state index in [9.17, 15) is 15.5 Å². The molecule has 3 aromatic rings. The summed E-state index contributed by atoms with van der Waals surface area (Å²) in [6, 6.07) is 14.6. The number of aliphatic hydroxyl groups is 2. The maximum Gasteiger partial charge on any atom is 0.185 e. The van der Waals surface area contributed by atoms with E-state index in [1.54, 1.807) is 11.3 Å². The molecule has 0 amide bonds. The van der Waals surface area contributed by atoms with E-state index in [4.69, 9.17) is 14.5 Å². The molecule has 1 aromatic heterocycles. The Morgan fingerprint density at radius 3 is 2.67 bits per heavy atom. The number of piperidine rings is 1. The second-order valence-electron chi connectivity index (χ2n) is 12.7. The van der Waals surface area contributed by atoms with Crippen LogP contribution >= 0.6 is 11.3 Å². The smallest absolute Gasteiger partial charge is 0.185 e. The first-order chi connectivity index (χ1) is 20.2. The molecule has 2 aliphatic heterocycles. The van der Waals surface area contributed by atoms with Crippen LogP contribution in [0.15, 0.2) is 41.8 Å². The Bertz CT molecular complexity index is 1450. The van der Waals surface area contributed by atoms with Crippen LogP contribution in [0.1, 0.15) is 48.9 Å². The van der Waals surface area contributed by atoms with Crippen LogP contribution in [0.2, 0.25) is 0 Å². The van der Waals surface area contributed by atoms with Gasteiger partial charge in [0.1, 0.15) is 12.4 Å². The lowest BCUT2D eigenvalue weighted by atomic mass is 9.85. The summed E-state index contributed by atoms with van der Waals surface area (Å²) < 4.78 is 12.2. The fourth-order valence-electron chi connectivity index (χ4n) is 7.03. The second kappa shape index (κ2) is 11.9. The zero-order valence-electron chi connectivity index (χ0n) is 24.6. The predicted octanol–water partition coefficient (Wildman–Crippen LogP) is 4.95. The third-order valence-corrected chi connectivity index (χ3v) is 9.91. The molecule has 2 N–H and O–H groups in total. The number of nitrogens with zero attached hydrogens (tertiary/aromatic N) is 4. The average molecular weight is 589 g/mol. The number of aliphatic hydroxyl groups excluding tert-OH is 1. The number of nitriles is 1. The van der Waals surface area contributed by atoms with Crippen molar-refractivity contribution in [1.29, 1.82) is 5.26 Å². The van der Waals surface area contributed by atoms with Crippen molar-refractivity contribution in [3.8, 4) is 23.1 Å². The van der Waals surface area contributed by atoms with Gasteiger partial charge in [0.15, 0.2) is 11.4 Å². The van der Waals surface area contributed by atoms with E-state index in [0.29, 0.717) is 12.2 Å². The van der Waals surface area contributed by atoms with Gasteiger partial charge in [-0.25, -0.2) is 4.98 Å². The van der Waals surface area contributed by atoms with Crippen LogP contribution < -0.4 is 9.64 Å². The summed E-state index contributed by atoms with van der Waals surface area (Å²) in [6.45, 7) is 11.4. The number of hydrogen-bond donors (Lipinski definition) is 2. The molecule has 2 unspecified atom stereocenters. The summed E-state index contributed by atoms with van der Waals surface area (Å²) in [7, 11) is 0. The molecule has 6 rings (SSSR count). The molecule has 3 fully saturated rings. The maximum atomic E-state index is 9.93.